The lowest BCUT2D eigenvalue weighted by atomic mass is 10.1. The fourth-order valence-electron chi connectivity index (χ4n) is 4.61. The standard InChI is InChI=1S/C25H26FN3/c1-2-29-24-6-4-3-5-22(24)23-17-19(7-12-25(23)29)18-27-13-15-28(16-14-27)21-10-8-20(26)9-11-21/h3-12,17H,2,13-16,18H2,1H3. The van der Waals surface area contributed by atoms with Gasteiger partial charge in [0, 0.05) is 66.8 Å². The van der Waals surface area contributed by atoms with Gasteiger partial charge in [-0.05, 0) is 55.0 Å². The minimum Gasteiger partial charge on any atom is -0.369 e. The van der Waals surface area contributed by atoms with Crippen LogP contribution >= 0.6 is 0 Å². The molecule has 5 rings (SSSR count). The maximum absolute atomic E-state index is 13.2. The maximum Gasteiger partial charge on any atom is 0.123 e. The highest BCUT2D eigenvalue weighted by Gasteiger charge is 2.18. The van der Waals surface area contributed by atoms with Crippen molar-refractivity contribution < 1.29 is 4.39 Å². The van der Waals surface area contributed by atoms with Crippen LogP contribution in [0.3, 0.4) is 0 Å². The van der Waals surface area contributed by atoms with E-state index in [1.54, 1.807) is 12.1 Å². The number of hydrogen-bond acceptors (Lipinski definition) is 2. The van der Waals surface area contributed by atoms with Crippen LogP contribution in [-0.4, -0.2) is 35.6 Å². The summed E-state index contributed by atoms with van der Waals surface area (Å²) in [6.45, 7) is 8.15. The van der Waals surface area contributed by atoms with Crippen molar-refractivity contribution in [1.82, 2.24) is 9.47 Å². The first-order valence-corrected chi connectivity index (χ1v) is 10.5. The van der Waals surface area contributed by atoms with Gasteiger partial charge in [-0.15, -0.1) is 0 Å². The zero-order valence-corrected chi connectivity index (χ0v) is 16.8. The van der Waals surface area contributed by atoms with E-state index in [9.17, 15) is 4.39 Å². The summed E-state index contributed by atoms with van der Waals surface area (Å²) in [6.07, 6.45) is 0. The number of benzene rings is 3. The molecule has 29 heavy (non-hydrogen) atoms. The number of aromatic nitrogens is 1. The van der Waals surface area contributed by atoms with Crippen LogP contribution in [0.2, 0.25) is 0 Å². The second-order valence-electron chi connectivity index (χ2n) is 7.85. The van der Waals surface area contributed by atoms with Gasteiger partial charge in [0.25, 0.3) is 0 Å². The average Bonchev–Trinajstić information content (AvgIpc) is 3.08. The molecule has 1 aliphatic heterocycles. The van der Waals surface area contributed by atoms with Crippen LogP contribution in [0.4, 0.5) is 10.1 Å². The van der Waals surface area contributed by atoms with E-state index in [4.69, 9.17) is 0 Å². The number of hydrogen-bond donors (Lipinski definition) is 0. The molecule has 3 nitrogen and oxygen atoms in total. The number of anilines is 1. The molecule has 0 aliphatic carbocycles. The molecule has 0 bridgehead atoms. The molecule has 1 saturated heterocycles. The number of para-hydroxylation sites is 1. The van der Waals surface area contributed by atoms with E-state index in [2.05, 4.69) is 63.8 Å². The summed E-state index contributed by atoms with van der Waals surface area (Å²) in [5.41, 5.74) is 5.11. The molecule has 4 aromatic rings. The van der Waals surface area contributed by atoms with Crippen molar-refractivity contribution in [2.75, 3.05) is 31.1 Å². The van der Waals surface area contributed by atoms with Crippen LogP contribution in [0.1, 0.15) is 12.5 Å². The van der Waals surface area contributed by atoms with Gasteiger partial charge in [-0.25, -0.2) is 4.39 Å². The number of nitrogens with zero attached hydrogens (tertiary/aromatic N) is 3. The van der Waals surface area contributed by atoms with Gasteiger partial charge in [0.2, 0.25) is 0 Å². The second-order valence-corrected chi connectivity index (χ2v) is 7.85. The number of piperazine rings is 1. The molecule has 0 atom stereocenters. The van der Waals surface area contributed by atoms with Gasteiger partial charge in [-0.2, -0.15) is 0 Å². The molecule has 0 saturated carbocycles. The van der Waals surface area contributed by atoms with Gasteiger partial charge < -0.3 is 9.47 Å². The zero-order chi connectivity index (χ0) is 19.8. The molecular formula is C25H26FN3. The van der Waals surface area contributed by atoms with E-state index in [1.165, 1.54) is 27.4 Å². The third-order valence-electron chi connectivity index (χ3n) is 6.12. The molecule has 148 valence electrons. The normalized spacial score (nSPS) is 15.4. The summed E-state index contributed by atoms with van der Waals surface area (Å²) in [5, 5.41) is 2.69. The SMILES string of the molecule is CCn1c2ccccc2c2cc(CN3CCN(c4ccc(F)cc4)CC3)ccc21. The average molecular weight is 388 g/mol. The Balaban J connectivity index is 1.33. The molecule has 2 heterocycles. The molecule has 1 aliphatic rings. The predicted octanol–water partition coefficient (Wildman–Crippen LogP) is 5.28. The molecule has 0 N–H and O–H groups in total. The zero-order valence-electron chi connectivity index (χ0n) is 16.8. The summed E-state index contributed by atoms with van der Waals surface area (Å²) in [7, 11) is 0. The number of halogens is 1. The summed E-state index contributed by atoms with van der Waals surface area (Å²) >= 11 is 0. The van der Waals surface area contributed by atoms with Gasteiger partial charge in [0.15, 0.2) is 0 Å². The minimum absolute atomic E-state index is 0.174. The van der Waals surface area contributed by atoms with Crippen LogP contribution in [-0.2, 0) is 13.1 Å². The van der Waals surface area contributed by atoms with Crippen LogP contribution in [0.25, 0.3) is 21.8 Å². The Labute approximate surface area is 171 Å². The van der Waals surface area contributed by atoms with E-state index in [1.807, 2.05) is 12.1 Å². The first-order chi connectivity index (χ1) is 14.2. The lowest BCUT2D eigenvalue weighted by molar-refractivity contribution is 0.250. The summed E-state index contributed by atoms with van der Waals surface area (Å²) < 4.78 is 15.6. The van der Waals surface area contributed by atoms with Crippen molar-refractivity contribution in [3.8, 4) is 0 Å². The van der Waals surface area contributed by atoms with Crippen LogP contribution in [0.5, 0.6) is 0 Å². The highest BCUT2D eigenvalue weighted by molar-refractivity contribution is 6.08. The van der Waals surface area contributed by atoms with Gasteiger partial charge >= 0.3 is 0 Å². The Kier molecular flexibility index (Phi) is 4.72. The Hall–Kier alpha value is -2.85. The monoisotopic (exact) mass is 387 g/mol. The molecule has 0 spiro atoms. The fourth-order valence-corrected chi connectivity index (χ4v) is 4.61. The molecule has 0 radical (unpaired) electrons. The summed E-state index contributed by atoms with van der Waals surface area (Å²) in [6, 6.07) is 22.5. The van der Waals surface area contributed by atoms with Crippen molar-refractivity contribution in [1.29, 1.82) is 0 Å². The third kappa shape index (κ3) is 3.38. The number of rotatable bonds is 4. The fraction of sp³-hybridized carbons (Fsp3) is 0.280. The molecule has 1 fully saturated rings. The first kappa shape index (κ1) is 18.2. The minimum atomic E-state index is -0.174. The maximum atomic E-state index is 13.2. The molecule has 0 unspecified atom stereocenters. The van der Waals surface area contributed by atoms with E-state index < -0.39 is 0 Å². The van der Waals surface area contributed by atoms with E-state index in [-0.39, 0.29) is 5.82 Å². The van der Waals surface area contributed by atoms with Crippen molar-refractivity contribution in [2.45, 2.75) is 20.0 Å². The summed E-state index contributed by atoms with van der Waals surface area (Å²) in [5.74, 6) is -0.174. The van der Waals surface area contributed by atoms with Crippen LogP contribution < -0.4 is 4.90 Å². The summed E-state index contributed by atoms with van der Waals surface area (Å²) in [4.78, 5) is 4.86. The Morgan fingerprint density at radius 3 is 2.28 bits per heavy atom. The lowest BCUT2D eigenvalue weighted by Crippen LogP contribution is -2.45. The van der Waals surface area contributed by atoms with E-state index >= 15 is 0 Å². The van der Waals surface area contributed by atoms with Crippen molar-refractivity contribution >= 4 is 27.5 Å². The highest BCUT2D eigenvalue weighted by atomic mass is 19.1. The van der Waals surface area contributed by atoms with E-state index in [0.717, 1.165) is 45.0 Å². The third-order valence-corrected chi connectivity index (χ3v) is 6.12. The van der Waals surface area contributed by atoms with Gasteiger partial charge in [-0.1, -0.05) is 24.3 Å². The van der Waals surface area contributed by atoms with Crippen LogP contribution in [0, 0.1) is 5.82 Å². The van der Waals surface area contributed by atoms with E-state index in [0.29, 0.717) is 0 Å². The topological polar surface area (TPSA) is 11.4 Å². The van der Waals surface area contributed by atoms with Gasteiger partial charge in [0.05, 0.1) is 0 Å². The Bertz CT molecular complexity index is 1140. The van der Waals surface area contributed by atoms with Crippen molar-refractivity contribution in [2.24, 2.45) is 0 Å². The number of aryl methyl sites for hydroxylation is 1. The van der Waals surface area contributed by atoms with Crippen LogP contribution in [0.15, 0.2) is 66.7 Å². The Morgan fingerprint density at radius 1 is 0.793 bits per heavy atom. The number of fused-ring (bicyclic) bond motifs is 3. The smallest absolute Gasteiger partial charge is 0.123 e. The lowest BCUT2D eigenvalue weighted by Gasteiger charge is -2.36. The van der Waals surface area contributed by atoms with Crippen molar-refractivity contribution in [3.05, 3.63) is 78.1 Å². The second kappa shape index (κ2) is 7.53. The Morgan fingerprint density at radius 2 is 1.52 bits per heavy atom. The largest absolute Gasteiger partial charge is 0.369 e. The first-order valence-electron chi connectivity index (χ1n) is 10.5. The molecule has 0 amide bonds. The quantitative estimate of drug-likeness (QED) is 0.472. The molecule has 4 heteroatoms. The molecule has 1 aromatic heterocycles. The van der Waals surface area contributed by atoms with Gasteiger partial charge in [0.1, 0.15) is 5.82 Å². The highest BCUT2D eigenvalue weighted by Crippen LogP contribution is 2.30. The molecular weight excluding hydrogens is 361 g/mol. The predicted molar refractivity (Wildman–Crippen MR) is 119 cm³/mol. The van der Waals surface area contributed by atoms with Gasteiger partial charge in [-0.3, -0.25) is 4.90 Å². The van der Waals surface area contributed by atoms with Crippen molar-refractivity contribution in [3.63, 3.8) is 0 Å². The molecule has 3 aromatic carbocycles.